The molecule has 0 radical (unpaired) electrons. The van der Waals surface area contributed by atoms with E-state index in [1.54, 1.807) is 86.6 Å². The number of carbonyl (C=O) groups excluding carboxylic acids is 4. The van der Waals surface area contributed by atoms with Gasteiger partial charge in [0.15, 0.2) is 5.84 Å². The van der Waals surface area contributed by atoms with Gasteiger partial charge in [-0.1, -0.05) is 12.1 Å². The fraction of sp³-hybridized carbons (Fsp3) is 0.593. The van der Waals surface area contributed by atoms with Crippen molar-refractivity contribution in [2.24, 2.45) is 4.99 Å². The van der Waals surface area contributed by atoms with Gasteiger partial charge in [0.25, 0.3) is 0 Å². The number of para-hydroxylation sites is 1. The zero-order valence-electron chi connectivity index (χ0n) is 24.1. The second-order valence-corrected chi connectivity index (χ2v) is 12.8. The van der Waals surface area contributed by atoms with Crippen LogP contribution in [0.3, 0.4) is 0 Å². The summed E-state index contributed by atoms with van der Waals surface area (Å²) in [7, 11) is 0. The summed E-state index contributed by atoms with van der Waals surface area (Å²) in [5, 5.41) is 2.30. The van der Waals surface area contributed by atoms with Crippen LogP contribution in [-0.2, 0) is 19.0 Å². The number of nitrogens with zero attached hydrogens (tertiary/aromatic N) is 3. The molecule has 0 bridgehead atoms. The van der Waals surface area contributed by atoms with E-state index >= 15 is 0 Å². The first-order chi connectivity index (χ1) is 17.8. The topological polar surface area (TPSA) is 127 Å². The molecule has 2 atom stereocenters. The van der Waals surface area contributed by atoms with Gasteiger partial charge in [-0.3, -0.25) is 19.9 Å². The number of aliphatic imine (C=N–C) groups is 1. The minimum atomic E-state index is -0.951. The Hall–Kier alpha value is -3.28. The zero-order valence-corrected chi connectivity index (χ0v) is 25.0. The van der Waals surface area contributed by atoms with Crippen LogP contribution in [0.15, 0.2) is 29.3 Å². The maximum Gasteiger partial charge on any atom is 0.436 e. The van der Waals surface area contributed by atoms with Gasteiger partial charge in [0.05, 0.1) is 5.69 Å². The molecule has 1 fully saturated rings. The van der Waals surface area contributed by atoms with Gasteiger partial charge in [-0.15, -0.1) is 0 Å². The molecule has 4 amide bonds. The lowest BCUT2D eigenvalue weighted by Gasteiger charge is -2.34. The number of benzene rings is 1. The number of thiol groups is 1. The van der Waals surface area contributed by atoms with E-state index in [-0.39, 0.29) is 28.9 Å². The van der Waals surface area contributed by atoms with E-state index in [4.69, 9.17) is 14.2 Å². The van der Waals surface area contributed by atoms with Crippen LogP contribution in [0.25, 0.3) is 0 Å². The highest BCUT2D eigenvalue weighted by molar-refractivity contribution is 7.81. The average Bonchev–Trinajstić information content (AvgIpc) is 3.12. The third-order valence-corrected chi connectivity index (χ3v) is 5.34. The number of rotatable bonds is 4. The molecule has 0 aromatic heterocycles. The number of nitrogens with one attached hydrogen (secondary N) is 1. The first-order valence-corrected chi connectivity index (χ1v) is 13.1. The van der Waals surface area contributed by atoms with Gasteiger partial charge in [-0.25, -0.2) is 14.4 Å². The number of hydrogen-bond acceptors (Lipinski definition) is 8. The van der Waals surface area contributed by atoms with E-state index in [1.807, 2.05) is 0 Å². The van der Waals surface area contributed by atoms with E-state index in [0.717, 1.165) is 0 Å². The summed E-state index contributed by atoms with van der Waals surface area (Å²) in [6.45, 7) is 15.6. The molecule has 0 saturated carbocycles. The molecule has 216 valence electrons. The summed E-state index contributed by atoms with van der Waals surface area (Å²) in [5.41, 5.74) is -1.90. The van der Waals surface area contributed by atoms with Crippen LogP contribution < -0.4 is 10.2 Å². The molecule has 2 rings (SSSR count). The SMILES string of the molecule is CC(C)(C)OC(=O)/N=C(/NC(=O)OC(C)(C)C)c1ccccc1N(C=O)[C@@H]1C[C@H](S)CN1C(=O)OC(C)(C)C. The molecule has 1 N–H and O–H groups in total. The number of amides is 4. The second-order valence-electron chi connectivity index (χ2n) is 12.1. The van der Waals surface area contributed by atoms with Crippen molar-refractivity contribution in [1.82, 2.24) is 10.2 Å². The van der Waals surface area contributed by atoms with Gasteiger partial charge in [-0.2, -0.15) is 17.6 Å². The summed E-state index contributed by atoms with van der Waals surface area (Å²) in [6.07, 6.45) is -2.22. The fourth-order valence-electron chi connectivity index (χ4n) is 3.69. The minimum Gasteiger partial charge on any atom is -0.444 e. The maximum absolute atomic E-state index is 13.0. The molecule has 1 saturated heterocycles. The van der Waals surface area contributed by atoms with Crippen molar-refractivity contribution in [3.05, 3.63) is 29.8 Å². The van der Waals surface area contributed by atoms with Crippen molar-refractivity contribution in [2.75, 3.05) is 11.4 Å². The van der Waals surface area contributed by atoms with E-state index in [2.05, 4.69) is 22.9 Å². The third-order valence-electron chi connectivity index (χ3n) is 4.97. The molecular weight excluding hydrogens is 524 g/mol. The second kappa shape index (κ2) is 12.3. The van der Waals surface area contributed by atoms with Crippen LogP contribution in [0.4, 0.5) is 20.1 Å². The maximum atomic E-state index is 13.0. The molecule has 1 aliphatic rings. The Labute approximate surface area is 235 Å². The molecule has 0 spiro atoms. The third kappa shape index (κ3) is 10.1. The number of alkyl carbamates (subject to hydrolysis) is 1. The van der Waals surface area contributed by atoms with Crippen LogP contribution in [0, 0.1) is 0 Å². The largest absolute Gasteiger partial charge is 0.444 e. The van der Waals surface area contributed by atoms with Gasteiger partial charge in [-0.05, 0) is 74.4 Å². The Morgan fingerprint density at radius 1 is 0.974 bits per heavy atom. The highest BCUT2D eigenvalue weighted by Crippen LogP contribution is 2.31. The molecule has 0 unspecified atom stereocenters. The van der Waals surface area contributed by atoms with Gasteiger partial charge in [0.1, 0.15) is 23.0 Å². The van der Waals surface area contributed by atoms with Crippen LogP contribution in [0.5, 0.6) is 0 Å². The highest BCUT2D eigenvalue weighted by atomic mass is 32.1. The quantitative estimate of drug-likeness (QED) is 0.171. The minimum absolute atomic E-state index is 0.190. The molecular formula is C27H40N4O7S. The van der Waals surface area contributed by atoms with Gasteiger partial charge in [0, 0.05) is 23.8 Å². The normalized spacial score (nSPS) is 18.3. The highest BCUT2D eigenvalue weighted by Gasteiger charge is 2.40. The Balaban J connectivity index is 2.57. The average molecular weight is 565 g/mol. The predicted molar refractivity (Wildman–Crippen MR) is 151 cm³/mol. The van der Waals surface area contributed by atoms with E-state index in [1.165, 1.54) is 9.80 Å². The molecule has 11 nitrogen and oxygen atoms in total. The van der Waals surface area contributed by atoms with Gasteiger partial charge in [0.2, 0.25) is 6.41 Å². The molecule has 1 aliphatic heterocycles. The van der Waals surface area contributed by atoms with E-state index < -0.39 is 41.2 Å². The first kappa shape index (κ1) is 31.9. The summed E-state index contributed by atoms with van der Waals surface area (Å²) < 4.78 is 16.2. The van der Waals surface area contributed by atoms with E-state index in [9.17, 15) is 19.2 Å². The standard InChI is InChI=1S/C27H40N4O7S/c1-25(2,3)36-22(33)28-21(29-23(34)37-26(4,5)6)18-12-10-11-13-19(18)31(16-32)20-14-17(39)15-30(20)24(35)38-27(7,8)9/h10-13,16-17,20,39H,14-15H2,1-9H3,(H,28,29,33,34)/t17-,20+/m0/s1. The lowest BCUT2D eigenvalue weighted by atomic mass is 10.1. The van der Waals surface area contributed by atoms with Crippen molar-refractivity contribution < 1.29 is 33.4 Å². The lowest BCUT2D eigenvalue weighted by molar-refractivity contribution is -0.108. The Bertz CT molecular complexity index is 1100. The zero-order chi connectivity index (χ0) is 29.8. The molecule has 0 aliphatic carbocycles. The first-order valence-electron chi connectivity index (χ1n) is 12.6. The van der Waals surface area contributed by atoms with Crippen LogP contribution in [0.2, 0.25) is 0 Å². The van der Waals surface area contributed by atoms with Crippen molar-refractivity contribution in [3.63, 3.8) is 0 Å². The summed E-state index contributed by atoms with van der Waals surface area (Å²) in [4.78, 5) is 57.7. The van der Waals surface area contributed by atoms with Gasteiger partial charge < -0.3 is 14.2 Å². The number of carbonyl (C=O) groups is 4. The molecule has 1 aromatic carbocycles. The Morgan fingerprint density at radius 3 is 2.08 bits per heavy atom. The monoisotopic (exact) mass is 564 g/mol. The molecule has 39 heavy (non-hydrogen) atoms. The summed E-state index contributed by atoms with van der Waals surface area (Å²) in [5.74, 6) is -0.190. The summed E-state index contributed by atoms with van der Waals surface area (Å²) >= 11 is 4.55. The number of ether oxygens (including phenoxy) is 3. The predicted octanol–water partition coefficient (Wildman–Crippen LogP) is 5.12. The van der Waals surface area contributed by atoms with Crippen LogP contribution in [0.1, 0.15) is 74.3 Å². The lowest BCUT2D eigenvalue weighted by Crippen LogP contribution is -2.49. The van der Waals surface area contributed by atoms with Crippen LogP contribution in [-0.4, -0.2) is 70.2 Å². The van der Waals surface area contributed by atoms with Crippen molar-refractivity contribution in [2.45, 2.75) is 97.0 Å². The van der Waals surface area contributed by atoms with Crippen molar-refractivity contribution in [1.29, 1.82) is 0 Å². The fourth-order valence-corrected chi connectivity index (χ4v) is 4.06. The summed E-state index contributed by atoms with van der Waals surface area (Å²) in [6, 6.07) is 6.53. The molecule has 1 heterocycles. The Morgan fingerprint density at radius 2 is 1.54 bits per heavy atom. The number of anilines is 1. The van der Waals surface area contributed by atoms with Crippen molar-refractivity contribution in [3.8, 4) is 0 Å². The van der Waals surface area contributed by atoms with Crippen molar-refractivity contribution >= 4 is 48.8 Å². The smallest absolute Gasteiger partial charge is 0.436 e. The number of hydrogen-bond donors (Lipinski definition) is 2. The van der Waals surface area contributed by atoms with E-state index in [0.29, 0.717) is 12.8 Å². The van der Waals surface area contributed by atoms with Crippen LogP contribution >= 0.6 is 12.6 Å². The molecule has 1 aromatic rings. The Kier molecular flexibility index (Phi) is 10.0. The molecule has 12 heteroatoms. The number of likely N-dealkylation sites (tertiary alicyclic amines) is 1. The van der Waals surface area contributed by atoms with Gasteiger partial charge >= 0.3 is 18.3 Å². The number of amidine groups is 1.